The minimum atomic E-state index is 0.0364. The molecule has 2 heterocycles. The maximum absolute atomic E-state index is 12.5. The zero-order valence-electron chi connectivity index (χ0n) is 18.3. The quantitative estimate of drug-likeness (QED) is 0.745. The van der Waals surface area contributed by atoms with Gasteiger partial charge in [0.1, 0.15) is 0 Å². The van der Waals surface area contributed by atoms with Gasteiger partial charge in [0, 0.05) is 64.2 Å². The number of rotatable bonds is 7. The fourth-order valence-electron chi connectivity index (χ4n) is 4.57. The Labute approximate surface area is 180 Å². The Kier molecular flexibility index (Phi) is 7.05. The van der Waals surface area contributed by atoms with Gasteiger partial charge in [-0.15, -0.1) is 0 Å². The number of piperidine rings is 1. The number of carbonyl (C=O) groups excluding carboxylic acids is 2. The molecule has 0 spiro atoms. The molecule has 0 unspecified atom stereocenters. The number of benzene rings is 1. The molecular formula is C24H36N4O2. The second-order valence-electron chi connectivity index (χ2n) is 9.12. The van der Waals surface area contributed by atoms with Crippen molar-refractivity contribution in [2.24, 2.45) is 11.8 Å². The van der Waals surface area contributed by atoms with E-state index in [1.807, 2.05) is 4.90 Å². The first-order valence-electron chi connectivity index (χ1n) is 11.7. The lowest BCUT2D eigenvalue weighted by Crippen LogP contribution is -2.45. The molecule has 0 aromatic heterocycles. The summed E-state index contributed by atoms with van der Waals surface area (Å²) in [6, 6.07) is 8.65. The van der Waals surface area contributed by atoms with E-state index in [1.54, 1.807) is 0 Å². The summed E-state index contributed by atoms with van der Waals surface area (Å²) in [5.74, 6) is 0.751. The summed E-state index contributed by atoms with van der Waals surface area (Å²) in [6.45, 7) is 11.0. The molecule has 2 amide bonds. The highest BCUT2D eigenvalue weighted by Gasteiger charge is 2.35. The Bertz CT molecular complexity index is 715. The average molecular weight is 413 g/mol. The van der Waals surface area contributed by atoms with Gasteiger partial charge in [-0.25, -0.2) is 0 Å². The third-order valence-electron chi connectivity index (χ3n) is 6.91. The van der Waals surface area contributed by atoms with E-state index in [4.69, 9.17) is 0 Å². The number of hydrogen-bond acceptors (Lipinski definition) is 4. The zero-order valence-corrected chi connectivity index (χ0v) is 18.3. The van der Waals surface area contributed by atoms with Crippen molar-refractivity contribution in [1.82, 2.24) is 20.0 Å². The first-order chi connectivity index (χ1) is 14.6. The average Bonchev–Trinajstić information content (AvgIpc) is 3.64. The van der Waals surface area contributed by atoms with Gasteiger partial charge in [0.25, 0.3) is 0 Å². The molecule has 1 saturated carbocycles. The first-order valence-corrected chi connectivity index (χ1v) is 11.7. The summed E-state index contributed by atoms with van der Waals surface area (Å²) >= 11 is 0. The van der Waals surface area contributed by atoms with Crippen molar-refractivity contribution in [3.05, 3.63) is 35.4 Å². The van der Waals surface area contributed by atoms with Crippen LogP contribution >= 0.6 is 0 Å². The predicted octanol–water partition coefficient (Wildman–Crippen LogP) is 2.09. The molecule has 1 aliphatic carbocycles. The topological polar surface area (TPSA) is 55.9 Å². The van der Waals surface area contributed by atoms with E-state index in [0.29, 0.717) is 12.5 Å². The van der Waals surface area contributed by atoms with E-state index < -0.39 is 0 Å². The summed E-state index contributed by atoms with van der Waals surface area (Å²) in [6.07, 6.45) is 3.67. The van der Waals surface area contributed by atoms with Crippen molar-refractivity contribution in [3.8, 4) is 0 Å². The highest BCUT2D eigenvalue weighted by molar-refractivity contribution is 5.82. The Hall–Kier alpha value is -1.92. The lowest BCUT2D eigenvalue weighted by atomic mass is 9.95. The van der Waals surface area contributed by atoms with Gasteiger partial charge in [0.05, 0.1) is 0 Å². The largest absolute Gasteiger partial charge is 0.352 e. The van der Waals surface area contributed by atoms with Gasteiger partial charge in [-0.1, -0.05) is 31.2 Å². The fourth-order valence-corrected chi connectivity index (χ4v) is 4.57. The highest BCUT2D eigenvalue weighted by atomic mass is 16.2. The smallest absolute Gasteiger partial charge is 0.225 e. The molecule has 2 saturated heterocycles. The molecule has 3 fully saturated rings. The van der Waals surface area contributed by atoms with Gasteiger partial charge in [0.2, 0.25) is 11.8 Å². The number of carbonyl (C=O) groups is 2. The van der Waals surface area contributed by atoms with Crippen LogP contribution < -0.4 is 5.32 Å². The van der Waals surface area contributed by atoms with Crippen LogP contribution in [0.1, 0.15) is 43.7 Å². The van der Waals surface area contributed by atoms with Gasteiger partial charge in [-0.05, 0) is 43.4 Å². The highest BCUT2D eigenvalue weighted by Crippen LogP contribution is 2.32. The van der Waals surface area contributed by atoms with E-state index in [0.717, 1.165) is 83.6 Å². The zero-order chi connectivity index (χ0) is 20.9. The van der Waals surface area contributed by atoms with Crippen LogP contribution in [-0.4, -0.2) is 72.3 Å². The van der Waals surface area contributed by atoms with E-state index in [2.05, 4.69) is 46.3 Å². The molecule has 0 radical (unpaired) electrons. The Morgan fingerprint density at radius 3 is 2.03 bits per heavy atom. The number of piperazine rings is 1. The molecule has 3 aliphatic rings. The summed E-state index contributed by atoms with van der Waals surface area (Å²) < 4.78 is 0. The van der Waals surface area contributed by atoms with Crippen molar-refractivity contribution in [1.29, 1.82) is 0 Å². The summed E-state index contributed by atoms with van der Waals surface area (Å²) in [5, 5.41) is 3.10. The molecule has 2 aliphatic heterocycles. The van der Waals surface area contributed by atoms with Crippen LogP contribution in [0, 0.1) is 11.8 Å². The molecule has 30 heavy (non-hydrogen) atoms. The number of amides is 2. The number of nitrogens with one attached hydrogen (secondary N) is 1. The SMILES string of the molecule is CCN1CCN(Cc2ccc(CNC(=O)C3CCN(C(=O)C4CC4)CC3)cc2)CC1. The van der Waals surface area contributed by atoms with Gasteiger partial charge >= 0.3 is 0 Å². The summed E-state index contributed by atoms with van der Waals surface area (Å²) in [7, 11) is 0. The summed E-state index contributed by atoms with van der Waals surface area (Å²) in [5.41, 5.74) is 2.48. The first kappa shape index (κ1) is 21.3. The van der Waals surface area contributed by atoms with Crippen molar-refractivity contribution in [2.75, 3.05) is 45.8 Å². The third kappa shape index (κ3) is 5.61. The van der Waals surface area contributed by atoms with Crippen LogP contribution in [0.5, 0.6) is 0 Å². The molecule has 164 valence electrons. The van der Waals surface area contributed by atoms with Gasteiger partial charge < -0.3 is 15.1 Å². The van der Waals surface area contributed by atoms with Crippen molar-refractivity contribution >= 4 is 11.8 Å². The number of likely N-dealkylation sites (N-methyl/N-ethyl adjacent to an activating group) is 1. The molecule has 0 bridgehead atoms. The van der Waals surface area contributed by atoms with E-state index in [9.17, 15) is 9.59 Å². The number of nitrogens with zero attached hydrogens (tertiary/aromatic N) is 3. The molecule has 6 nitrogen and oxygen atoms in total. The molecule has 1 aromatic carbocycles. The van der Waals surface area contributed by atoms with Crippen molar-refractivity contribution in [2.45, 2.75) is 45.7 Å². The van der Waals surface area contributed by atoms with Crippen LogP contribution in [0.3, 0.4) is 0 Å². The van der Waals surface area contributed by atoms with Crippen LogP contribution in [-0.2, 0) is 22.7 Å². The van der Waals surface area contributed by atoms with Gasteiger partial charge in [0.15, 0.2) is 0 Å². The standard InChI is InChI=1S/C24H36N4O2/c1-2-26-13-15-27(16-14-26)18-20-5-3-19(4-6-20)17-25-23(29)21-9-11-28(12-10-21)24(30)22-7-8-22/h3-6,21-22H,2,7-18H2,1H3,(H,25,29). The molecule has 1 aromatic rings. The molecule has 6 heteroatoms. The van der Waals surface area contributed by atoms with Crippen LogP contribution in [0.15, 0.2) is 24.3 Å². The van der Waals surface area contributed by atoms with Crippen LogP contribution in [0.4, 0.5) is 0 Å². The lowest BCUT2D eigenvalue weighted by molar-refractivity contribution is -0.136. The minimum Gasteiger partial charge on any atom is -0.352 e. The van der Waals surface area contributed by atoms with Crippen molar-refractivity contribution in [3.63, 3.8) is 0 Å². The van der Waals surface area contributed by atoms with Gasteiger partial charge in [-0.3, -0.25) is 14.5 Å². The van der Waals surface area contributed by atoms with Crippen molar-refractivity contribution < 1.29 is 9.59 Å². The maximum atomic E-state index is 12.5. The van der Waals surface area contributed by atoms with Gasteiger partial charge in [-0.2, -0.15) is 0 Å². The number of hydrogen-bond donors (Lipinski definition) is 1. The van der Waals surface area contributed by atoms with Crippen LogP contribution in [0.2, 0.25) is 0 Å². The van der Waals surface area contributed by atoms with Crippen LogP contribution in [0.25, 0.3) is 0 Å². The minimum absolute atomic E-state index is 0.0364. The Balaban J connectivity index is 1.17. The second-order valence-corrected chi connectivity index (χ2v) is 9.12. The van der Waals surface area contributed by atoms with E-state index in [-0.39, 0.29) is 17.7 Å². The lowest BCUT2D eigenvalue weighted by Gasteiger charge is -2.34. The third-order valence-corrected chi connectivity index (χ3v) is 6.91. The molecule has 1 N–H and O–H groups in total. The van der Waals surface area contributed by atoms with E-state index >= 15 is 0 Å². The summed E-state index contributed by atoms with van der Waals surface area (Å²) in [4.78, 5) is 31.7. The predicted molar refractivity (Wildman–Crippen MR) is 118 cm³/mol. The molecule has 0 atom stereocenters. The molecule has 4 rings (SSSR count). The Morgan fingerprint density at radius 2 is 1.43 bits per heavy atom. The maximum Gasteiger partial charge on any atom is 0.225 e. The molecular weight excluding hydrogens is 376 g/mol. The Morgan fingerprint density at radius 1 is 0.833 bits per heavy atom. The second kappa shape index (κ2) is 9.92. The number of likely N-dealkylation sites (tertiary alicyclic amines) is 1. The normalized spacial score (nSPS) is 21.6. The fraction of sp³-hybridized carbons (Fsp3) is 0.667. The monoisotopic (exact) mass is 412 g/mol. The van der Waals surface area contributed by atoms with E-state index in [1.165, 1.54) is 5.56 Å².